The number of ether oxygens (including phenoxy) is 1. The molecule has 0 amide bonds. The first-order valence-corrected chi connectivity index (χ1v) is 6.24. The third-order valence-electron chi connectivity index (χ3n) is 2.68. The normalized spacial score (nSPS) is 20.7. The summed E-state index contributed by atoms with van der Waals surface area (Å²) in [5, 5.41) is 11.8. The Balaban J connectivity index is 2.01. The van der Waals surface area contributed by atoms with E-state index < -0.39 is 24.4 Å². The molecule has 2 rings (SSSR count). The first-order valence-electron chi connectivity index (χ1n) is 5.45. The molecule has 1 saturated heterocycles. The molecule has 1 aromatic rings. The van der Waals surface area contributed by atoms with Gasteiger partial charge in [0, 0.05) is 4.47 Å². The lowest BCUT2D eigenvalue weighted by Gasteiger charge is -2.12. The lowest BCUT2D eigenvalue weighted by atomic mass is 10.1. The van der Waals surface area contributed by atoms with E-state index in [0.717, 1.165) is 4.47 Å². The zero-order valence-corrected chi connectivity index (χ0v) is 11.2. The number of anilines is 1. The van der Waals surface area contributed by atoms with Crippen LogP contribution in [0, 0.1) is 11.3 Å². The number of alkyl halides is 2. The van der Waals surface area contributed by atoms with Crippen molar-refractivity contribution in [1.82, 2.24) is 0 Å². The molecule has 7 heteroatoms. The summed E-state index contributed by atoms with van der Waals surface area (Å²) in [5.74, 6) is -4.90. The topological polar surface area (TPSA) is 62.1 Å². The van der Waals surface area contributed by atoms with Crippen LogP contribution < -0.4 is 5.32 Å². The Morgan fingerprint density at radius 3 is 2.89 bits per heavy atom. The Labute approximate surface area is 116 Å². The highest BCUT2D eigenvalue weighted by Crippen LogP contribution is 2.31. The van der Waals surface area contributed by atoms with Gasteiger partial charge in [0.15, 0.2) is 0 Å². The zero-order chi connectivity index (χ0) is 14.0. The second-order valence-corrected chi connectivity index (χ2v) is 5.03. The summed E-state index contributed by atoms with van der Waals surface area (Å²) < 4.78 is 31.2. The van der Waals surface area contributed by atoms with Crippen LogP contribution in [-0.4, -0.2) is 24.5 Å². The summed E-state index contributed by atoms with van der Waals surface area (Å²) in [4.78, 5) is 10.8. The lowest BCUT2D eigenvalue weighted by Crippen LogP contribution is -2.22. The standard InChI is InChI=1S/C12H9BrF2N2O2/c13-8-1-2-10(7(3-8)5-16)17-6-9-4-12(14,15)11(18)19-9/h1-3,9,17H,4,6H2. The molecule has 1 aromatic carbocycles. The van der Waals surface area contributed by atoms with Crippen LogP contribution in [0.5, 0.6) is 0 Å². The van der Waals surface area contributed by atoms with E-state index in [0.29, 0.717) is 11.3 Å². The number of rotatable bonds is 3. The molecule has 1 aliphatic heterocycles. The average molecular weight is 331 g/mol. The SMILES string of the molecule is N#Cc1cc(Br)ccc1NCC1CC(F)(F)C(=O)O1. The fourth-order valence-corrected chi connectivity index (χ4v) is 2.11. The minimum atomic E-state index is -3.41. The molecule has 100 valence electrons. The number of cyclic esters (lactones) is 1. The van der Waals surface area contributed by atoms with Crippen molar-refractivity contribution in [2.45, 2.75) is 18.4 Å². The van der Waals surface area contributed by atoms with Crippen molar-refractivity contribution in [3.8, 4) is 6.07 Å². The summed E-state index contributed by atoms with van der Waals surface area (Å²) >= 11 is 3.23. The summed E-state index contributed by atoms with van der Waals surface area (Å²) in [6.07, 6.45) is -1.53. The van der Waals surface area contributed by atoms with Crippen LogP contribution in [0.25, 0.3) is 0 Å². The zero-order valence-electron chi connectivity index (χ0n) is 9.62. The molecule has 0 spiro atoms. The first kappa shape index (κ1) is 13.7. The van der Waals surface area contributed by atoms with Crippen molar-refractivity contribution in [3.05, 3.63) is 28.2 Å². The van der Waals surface area contributed by atoms with E-state index in [4.69, 9.17) is 5.26 Å². The van der Waals surface area contributed by atoms with Gasteiger partial charge in [-0.3, -0.25) is 0 Å². The Hall–Kier alpha value is -1.68. The van der Waals surface area contributed by atoms with Crippen molar-refractivity contribution >= 4 is 27.6 Å². The van der Waals surface area contributed by atoms with Crippen molar-refractivity contribution in [1.29, 1.82) is 5.26 Å². The molecule has 19 heavy (non-hydrogen) atoms. The number of halogens is 3. The van der Waals surface area contributed by atoms with E-state index in [9.17, 15) is 13.6 Å². The van der Waals surface area contributed by atoms with Crippen LogP contribution >= 0.6 is 15.9 Å². The first-order chi connectivity index (χ1) is 8.92. The van der Waals surface area contributed by atoms with E-state index in [-0.39, 0.29) is 6.54 Å². The predicted octanol–water partition coefficient (Wildman–Crippen LogP) is 2.68. The minimum absolute atomic E-state index is 0.0393. The number of carbonyl (C=O) groups is 1. The fourth-order valence-electron chi connectivity index (χ4n) is 1.75. The number of carbonyl (C=O) groups excluding carboxylic acids is 1. The number of benzene rings is 1. The smallest absolute Gasteiger partial charge is 0.377 e. The molecule has 1 aliphatic rings. The Kier molecular flexibility index (Phi) is 3.71. The summed E-state index contributed by atoms with van der Waals surface area (Å²) in [5.41, 5.74) is 0.891. The van der Waals surface area contributed by atoms with Crippen LogP contribution in [-0.2, 0) is 9.53 Å². The minimum Gasteiger partial charge on any atom is -0.456 e. The van der Waals surface area contributed by atoms with Crippen LogP contribution in [0.2, 0.25) is 0 Å². The van der Waals surface area contributed by atoms with E-state index in [2.05, 4.69) is 26.0 Å². The molecule has 4 nitrogen and oxygen atoms in total. The molecule has 0 aliphatic carbocycles. The Morgan fingerprint density at radius 1 is 1.58 bits per heavy atom. The van der Waals surface area contributed by atoms with Crippen molar-refractivity contribution < 1.29 is 18.3 Å². The molecule has 1 heterocycles. The van der Waals surface area contributed by atoms with Crippen molar-refractivity contribution in [2.24, 2.45) is 0 Å². The van der Waals surface area contributed by atoms with E-state index in [1.54, 1.807) is 18.2 Å². The van der Waals surface area contributed by atoms with Gasteiger partial charge in [0.05, 0.1) is 24.2 Å². The third kappa shape index (κ3) is 3.01. The second kappa shape index (κ2) is 5.13. The van der Waals surface area contributed by atoms with Crippen LogP contribution in [0.3, 0.4) is 0 Å². The molecule has 0 bridgehead atoms. The highest BCUT2D eigenvalue weighted by molar-refractivity contribution is 9.10. The maximum absolute atomic E-state index is 13.0. The van der Waals surface area contributed by atoms with Gasteiger partial charge in [-0.25, -0.2) is 4.79 Å². The average Bonchev–Trinajstić information content (AvgIpc) is 2.61. The maximum Gasteiger partial charge on any atom is 0.377 e. The van der Waals surface area contributed by atoms with E-state index >= 15 is 0 Å². The number of nitrogens with zero attached hydrogens (tertiary/aromatic N) is 1. The lowest BCUT2D eigenvalue weighted by molar-refractivity contribution is -0.158. The van der Waals surface area contributed by atoms with Crippen molar-refractivity contribution in [2.75, 3.05) is 11.9 Å². The fraction of sp³-hybridized carbons (Fsp3) is 0.333. The van der Waals surface area contributed by atoms with Gasteiger partial charge in [-0.05, 0) is 18.2 Å². The molecule has 0 aromatic heterocycles. The molecular weight excluding hydrogens is 322 g/mol. The third-order valence-corrected chi connectivity index (χ3v) is 3.17. The van der Waals surface area contributed by atoms with Crippen molar-refractivity contribution in [3.63, 3.8) is 0 Å². The Morgan fingerprint density at radius 2 is 2.32 bits per heavy atom. The molecule has 1 unspecified atom stereocenters. The predicted molar refractivity (Wildman–Crippen MR) is 66.8 cm³/mol. The number of nitrogens with one attached hydrogen (secondary N) is 1. The molecule has 1 N–H and O–H groups in total. The van der Waals surface area contributed by atoms with Gasteiger partial charge in [-0.15, -0.1) is 0 Å². The maximum atomic E-state index is 13.0. The monoisotopic (exact) mass is 330 g/mol. The number of esters is 1. The van der Waals surface area contributed by atoms with Gasteiger partial charge in [-0.1, -0.05) is 15.9 Å². The summed E-state index contributed by atoms with van der Waals surface area (Å²) in [6, 6.07) is 6.97. The van der Waals surface area contributed by atoms with Gasteiger partial charge < -0.3 is 10.1 Å². The highest BCUT2D eigenvalue weighted by Gasteiger charge is 2.50. The van der Waals surface area contributed by atoms with Crippen LogP contribution in [0.4, 0.5) is 14.5 Å². The van der Waals surface area contributed by atoms with Gasteiger partial charge in [0.1, 0.15) is 12.2 Å². The van der Waals surface area contributed by atoms with Crippen LogP contribution in [0.15, 0.2) is 22.7 Å². The molecular formula is C12H9BrF2N2O2. The Bertz CT molecular complexity index is 557. The van der Waals surface area contributed by atoms with Gasteiger partial charge in [-0.2, -0.15) is 14.0 Å². The molecule has 0 radical (unpaired) electrons. The largest absolute Gasteiger partial charge is 0.456 e. The number of hydrogen-bond acceptors (Lipinski definition) is 4. The van der Waals surface area contributed by atoms with Crippen LogP contribution in [0.1, 0.15) is 12.0 Å². The number of hydrogen-bond donors (Lipinski definition) is 1. The second-order valence-electron chi connectivity index (χ2n) is 4.12. The van der Waals surface area contributed by atoms with Gasteiger partial charge in [0.2, 0.25) is 0 Å². The molecule has 0 saturated carbocycles. The summed E-state index contributed by atoms with van der Waals surface area (Å²) in [7, 11) is 0. The van der Waals surface area contributed by atoms with Gasteiger partial charge >= 0.3 is 11.9 Å². The highest BCUT2D eigenvalue weighted by atomic mass is 79.9. The van der Waals surface area contributed by atoms with Gasteiger partial charge in [0.25, 0.3) is 0 Å². The summed E-state index contributed by atoms with van der Waals surface area (Å²) in [6.45, 7) is 0.0393. The van der Waals surface area contributed by atoms with E-state index in [1.165, 1.54) is 0 Å². The number of nitriles is 1. The molecule has 1 fully saturated rings. The van der Waals surface area contributed by atoms with E-state index in [1.807, 2.05) is 6.07 Å². The molecule has 1 atom stereocenters. The quantitative estimate of drug-likeness (QED) is 0.865.